The molecule has 4 saturated carbocycles. The first kappa shape index (κ1) is 21.2. The van der Waals surface area contributed by atoms with Gasteiger partial charge in [0.1, 0.15) is 5.84 Å². The first-order valence-corrected chi connectivity index (χ1v) is 13.2. The van der Waals surface area contributed by atoms with Crippen LogP contribution in [-0.4, -0.2) is 65.4 Å². The summed E-state index contributed by atoms with van der Waals surface area (Å²) in [6.45, 7) is 9.14. The van der Waals surface area contributed by atoms with E-state index in [1.54, 1.807) is 0 Å². The molecule has 4 bridgehead atoms. The molecule has 0 radical (unpaired) electrons. The molecule has 7 rings (SSSR count). The minimum Gasteiger partial charge on any atom is -0.304 e. The summed E-state index contributed by atoms with van der Waals surface area (Å²) in [6, 6.07) is 11.1. The molecule has 6 fully saturated rings. The maximum atomic E-state index is 6.22. The van der Waals surface area contributed by atoms with Gasteiger partial charge in [0.25, 0.3) is 0 Å². The molecule has 0 aromatic heterocycles. The van der Waals surface area contributed by atoms with Crippen LogP contribution in [0, 0.1) is 23.2 Å². The fourth-order valence-corrected chi connectivity index (χ4v) is 8.35. The Morgan fingerprint density at radius 1 is 0.875 bits per heavy atom. The van der Waals surface area contributed by atoms with Crippen LogP contribution < -0.4 is 4.90 Å². The zero-order valence-electron chi connectivity index (χ0n) is 20.0. The summed E-state index contributed by atoms with van der Waals surface area (Å²) in [6.07, 6.45) is 8.27. The average Bonchev–Trinajstić information content (AvgIpc) is 2.93. The summed E-state index contributed by atoms with van der Waals surface area (Å²) in [5, 5.41) is 0. The highest BCUT2D eigenvalue weighted by Gasteiger charge is 2.56. The van der Waals surface area contributed by atoms with Gasteiger partial charge in [-0.3, -0.25) is 14.8 Å². The van der Waals surface area contributed by atoms with Crippen molar-refractivity contribution in [2.75, 3.05) is 38.1 Å². The molecule has 2 saturated heterocycles. The number of likely N-dealkylation sites (N-methyl/N-ethyl adjacent to an activating group) is 1. The second kappa shape index (κ2) is 7.61. The van der Waals surface area contributed by atoms with Gasteiger partial charge in [0.05, 0.1) is 16.6 Å². The van der Waals surface area contributed by atoms with E-state index in [1.807, 2.05) is 0 Å². The normalized spacial score (nSPS) is 40.5. The fourth-order valence-electron chi connectivity index (χ4n) is 8.04. The Morgan fingerprint density at radius 3 is 2.00 bits per heavy atom. The predicted octanol–water partition coefficient (Wildman–Crippen LogP) is 4.84. The Bertz CT molecular complexity index is 880. The average molecular weight is 451 g/mol. The number of hydrogen-bond donors (Lipinski definition) is 0. The smallest absolute Gasteiger partial charge is 0.127 e. The molecule has 1 aromatic carbocycles. The molecule has 4 aliphatic carbocycles. The Hall–Kier alpha value is -1.30. The van der Waals surface area contributed by atoms with Crippen LogP contribution in [0.1, 0.15) is 52.4 Å². The summed E-state index contributed by atoms with van der Waals surface area (Å²) in [7, 11) is 2.24. The number of rotatable bonds is 3. The Morgan fingerprint density at radius 2 is 1.44 bits per heavy atom. The molecule has 0 N–H and O–H groups in total. The van der Waals surface area contributed by atoms with E-state index in [4.69, 9.17) is 17.2 Å². The van der Waals surface area contributed by atoms with Crippen LogP contribution in [0.5, 0.6) is 0 Å². The Labute approximate surface area is 199 Å². The number of anilines is 1. The molecule has 2 heterocycles. The van der Waals surface area contributed by atoms with E-state index in [9.17, 15) is 0 Å². The number of para-hydroxylation sites is 1. The molecular weight excluding hydrogens is 412 g/mol. The van der Waals surface area contributed by atoms with E-state index in [-0.39, 0.29) is 17.0 Å². The Kier molecular flexibility index (Phi) is 5.05. The monoisotopic (exact) mass is 450 g/mol. The lowest BCUT2D eigenvalue weighted by molar-refractivity contribution is 0.00106. The van der Waals surface area contributed by atoms with Gasteiger partial charge in [0.2, 0.25) is 0 Å². The zero-order valence-corrected chi connectivity index (χ0v) is 20.8. The van der Waals surface area contributed by atoms with Crippen LogP contribution in [0.15, 0.2) is 35.3 Å². The number of nitrogens with zero attached hydrogens (tertiary/aromatic N) is 4. The Balaban J connectivity index is 1.46. The quantitative estimate of drug-likeness (QED) is 0.614. The van der Waals surface area contributed by atoms with Gasteiger partial charge in [-0.1, -0.05) is 44.3 Å². The van der Waals surface area contributed by atoms with Gasteiger partial charge in [0, 0.05) is 37.3 Å². The third-order valence-electron chi connectivity index (χ3n) is 9.19. The first-order chi connectivity index (χ1) is 15.3. The van der Waals surface area contributed by atoms with Gasteiger partial charge in [-0.15, -0.1) is 0 Å². The van der Waals surface area contributed by atoms with Gasteiger partial charge in [-0.2, -0.15) is 0 Å². The molecule has 4 nitrogen and oxygen atoms in total. The van der Waals surface area contributed by atoms with Crippen LogP contribution in [0.25, 0.3) is 0 Å². The van der Waals surface area contributed by atoms with Crippen molar-refractivity contribution in [2.45, 2.75) is 64.0 Å². The van der Waals surface area contributed by atoms with Crippen LogP contribution in [0.3, 0.4) is 0 Å². The van der Waals surface area contributed by atoms with Crippen molar-refractivity contribution in [3.05, 3.63) is 30.3 Å². The lowest BCUT2D eigenvalue weighted by atomic mass is 9.53. The molecule has 1 aromatic rings. The van der Waals surface area contributed by atoms with Gasteiger partial charge >= 0.3 is 0 Å². The number of hydrogen-bond acceptors (Lipinski definition) is 4. The number of benzene rings is 1. The minimum absolute atomic E-state index is 0.109. The van der Waals surface area contributed by atoms with E-state index >= 15 is 0 Å². The predicted molar refractivity (Wildman–Crippen MR) is 136 cm³/mol. The number of amidine groups is 1. The van der Waals surface area contributed by atoms with E-state index in [1.165, 1.54) is 50.0 Å². The van der Waals surface area contributed by atoms with Crippen molar-refractivity contribution in [3.8, 4) is 0 Å². The van der Waals surface area contributed by atoms with E-state index in [2.05, 4.69) is 65.9 Å². The number of thiocarbonyl (C=S) groups is 1. The number of piperazine rings is 1. The molecular formula is C27H38N4S. The van der Waals surface area contributed by atoms with Crippen molar-refractivity contribution >= 4 is 28.7 Å². The summed E-state index contributed by atoms with van der Waals surface area (Å²) in [5.74, 6) is 3.95. The topological polar surface area (TPSA) is 22.1 Å². The first-order valence-electron chi connectivity index (χ1n) is 12.8. The second-order valence-electron chi connectivity index (χ2n) is 12.1. The van der Waals surface area contributed by atoms with Crippen molar-refractivity contribution < 1.29 is 0 Å². The van der Waals surface area contributed by atoms with Crippen molar-refractivity contribution in [1.29, 1.82) is 0 Å². The van der Waals surface area contributed by atoms with E-state index in [0.717, 1.165) is 48.9 Å². The largest absolute Gasteiger partial charge is 0.304 e. The van der Waals surface area contributed by atoms with Crippen molar-refractivity contribution in [2.24, 2.45) is 28.2 Å². The van der Waals surface area contributed by atoms with Crippen LogP contribution in [0.2, 0.25) is 0 Å². The van der Waals surface area contributed by atoms with Gasteiger partial charge < -0.3 is 4.90 Å². The summed E-state index contributed by atoms with van der Waals surface area (Å²) < 4.78 is 0. The summed E-state index contributed by atoms with van der Waals surface area (Å²) in [4.78, 5) is 14.4. The molecule has 2 aliphatic heterocycles. The highest BCUT2D eigenvalue weighted by Crippen LogP contribution is 2.58. The zero-order chi connectivity index (χ0) is 22.1. The third kappa shape index (κ3) is 3.38. The lowest BCUT2D eigenvalue weighted by Crippen LogP contribution is -2.56. The van der Waals surface area contributed by atoms with Crippen LogP contribution >= 0.6 is 12.2 Å². The molecule has 0 unspecified atom stereocenters. The summed E-state index contributed by atoms with van der Waals surface area (Å²) >= 11 is 6.22. The molecule has 32 heavy (non-hydrogen) atoms. The molecule has 1 atom stereocenters. The molecule has 0 spiro atoms. The molecule has 0 amide bonds. The molecule has 172 valence electrons. The second-order valence-corrected chi connectivity index (χ2v) is 12.4. The van der Waals surface area contributed by atoms with Crippen molar-refractivity contribution in [3.63, 3.8) is 0 Å². The maximum Gasteiger partial charge on any atom is 0.127 e. The highest BCUT2D eigenvalue weighted by atomic mass is 32.1. The van der Waals surface area contributed by atoms with E-state index in [0.29, 0.717) is 0 Å². The van der Waals surface area contributed by atoms with E-state index < -0.39 is 0 Å². The standard InChI is InChI=1S/C27H38N4S/c1-26(2)23(30-11-9-29(3)10-12-30)24(31(25(26)32)22-7-5-4-6-8-22)28-27-16-19-13-20(17-27)15-21(14-19)18-27/h4-8,19-21,23H,9-18H2,1-3H3/t19?,20?,21?,23-,27?/m1/s1. The minimum atomic E-state index is -0.109. The third-order valence-corrected chi connectivity index (χ3v) is 9.90. The maximum absolute atomic E-state index is 6.22. The van der Waals surface area contributed by atoms with Gasteiger partial charge in [-0.25, -0.2) is 0 Å². The lowest BCUT2D eigenvalue weighted by Gasteiger charge is -2.55. The van der Waals surface area contributed by atoms with Crippen LogP contribution in [-0.2, 0) is 0 Å². The SMILES string of the molecule is CN1CCN([C@@H]2C(=NC34CC5CC(CC(C5)C3)C4)N(c3ccccc3)C(=S)C2(C)C)CC1. The molecule has 6 aliphatic rings. The molecule has 5 heteroatoms. The van der Waals surface area contributed by atoms with Gasteiger partial charge in [-0.05, 0) is 75.5 Å². The number of aliphatic imine (C=N–C) groups is 1. The van der Waals surface area contributed by atoms with Crippen molar-refractivity contribution in [1.82, 2.24) is 9.80 Å². The highest BCUT2D eigenvalue weighted by molar-refractivity contribution is 7.80. The van der Waals surface area contributed by atoms with Gasteiger partial charge in [0.15, 0.2) is 0 Å². The van der Waals surface area contributed by atoms with Crippen LogP contribution in [0.4, 0.5) is 5.69 Å². The summed E-state index contributed by atoms with van der Waals surface area (Å²) in [5.41, 5.74) is 1.23. The fraction of sp³-hybridized carbons (Fsp3) is 0.704.